The molecule has 0 saturated heterocycles. The van der Waals surface area contributed by atoms with Gasteiger partial charge in [-0.25, -0.2) is 8.78 Å². The molecule has 0 fully saturated rings. The number of hydrogen-bond acceptors (Lipinski definition) is 0. The Labute approximate surface area is 78.9 Å². The van der Waals surface area contributed by atoms with Gasteiger partial charge in [-0.15, -0.1) is 0 Å². The second-order valence-corrected chi connectivity index (χ2v) is 3.09. The molecule has 0 rings (SSSR count). The lowest BCUT2D eigenvalue weighted by atomic mass is 10.2. The summed E-state index contributed by atoms with van der Waals surface area (Å²) in [5.74, 6) is -4.26. The first kappa shape index (κ1) is 12.5. The topological polar surface area (TPSA) is 0 Å². The van der Waals surface area contributed by atoms with Crippen LogP contribution in [0, 0.1) is 0 Å². The third-order valence-electron chi connectivity index (χ3n) is 1.16. The lowest BCUT2D eigenvalue weighted by Crippen LogP contribution is -2.26. The molecule has 0 aromatic carbocycles. The maximum atomic E-state index is 12.4. The van der Waals surface area contributed by atoms with Gasteiger partial charge in [-0.1, -0.05) is 23.3 Å². The van der Waals surface area contributed by atoms with E-state index in [0.717, 1.165) is 6.08 Å². The maximum absolute atomic E-state index is 12.4. The van der Waals surface area contributed by atoms with Crippen LogP contribution >= 0.6 is 11.6 Å². The second-order valence-electron chi connectivity index (χ2n) is 2.68. The van der Waals surface area contributed by atoms with Gasteiger partial charge >= 0.3 is 12.3 Å². The highest BCUT2D eigenvalue weighted by molar-refractivity contribution is 6.30. The minimum Gasteiger partial charge on any atom is -0.203 e. The first-order valence-corrected chi connectivity index (χ1v) is 3.83. The number of hydrogen-bond donors (Lipinski definition) is 0. The zero-order chi connectivity index (χ0) is 10.6. The van der Waals surface area contributed by atoms with Crippen molar-refractivity contribution in [2.24, 2.45) is 0 Å². The van der Waals surface area contributed by atoms with Crippen molar-refractivity contribution < 1.29 is 17.6 Å². The van der Waals surface area contributed by atoms with Gasteiger partial charge in [-0.05, 0) is 19.9 Å². The van der Waals surface area contributed by atoms with E-state index in [1.165, 1.54) is 6.08 Å². The molecule has 0 unspecified atom stereocenters. The van der Waals surface area contributed by atoms with Crippen molar-refractivity contribution in [2.45, 2.75) is 26.2 Å². The van der Waals surface area contributed by atoms with Crippen molar-refractivity contribution in [1.82, 2.24) is 0 Å². The fourth-order valence-electron chi connectivity index (χ4n) is 0.455. The van der Waals surface area contributed by atoms with Crippen LogP contribution in [0.5, 0.6) is 0 Å². The van der Waals surface area contributed by atoms with E-state index in [-0.39, 0.29) is 0 Å². The zero-order valence-electron chi connectivity index (χ0n) is 7.12. The van der Waals surface area contributed by atoms with E-state index in [0.29, 0.717) is 5.57 Å². The largest absolute Gasteiger partial charge is 0.342 e. The molecule has 0 aliphatic rings. The van der Waals surface area contributed by atoms with Crippen LogP contribution in [-0.4, -0.2) is 12.3 Å². The summed E-state index contributed by atoms with van der Waals surface area (Å²) in [5, 5.41) is -1.15. The molecule has 0 nitrogen and oxygen atoms in total. The molecular formula is C8H9ClF4. The van der Waals surface area contributed by atoms with Gasteiger partial charge in [0.15, 0.2) is 0 Å². The highest BCUT2D eigenvalue weighted by atomic mass is 35.5. The average Bonchev–Trinajstić information content (AvgIpc) is 1.99. The molecule has 13 heavy (non-hydrogen) atoms. The Hall–Kier alpha value is -0.510. The molecule has 0 heterocycles. The fraction of sp³-hybridized carbons (Fsp3) is 0.500. The first-order valence-electron chi connectivity index (χ1n) is 3.45. The smallest absolute Gasteiger partial charge is 0.203 e. The first-order chi connectivity index (χ1) is 5.78. The molecule has 0 radical (unpaired) electrons. The Morgan fingerprint density at radius 3 is 2.00 bits per heavy atom. The third-order valence-corrected chi connectivity index (χ3v) is 1.53. The van der Waals surface area contributed by atoms with Crippen LogP contribution in [0.1, 0.15) is 13.8 Å². The number of alkyl halides is 4. The SMILES string of the molecule is CC(C)=CC=C(Cl)C(F)(F)C(F)F. The Bertz CT molecular complexity index is 226. The van der Waals surface area contributed by atoms with Gasteiger partial charge in [0.2, 0.25) is 0 Å². The van der Waals surface area contributed by atoms with Crippen LogP contribution in [0.3, 0.4) is 0 Å². The summed E-state index contributed by atoms with van der Waals surface area (Å²) in [7, 11) is 0. The molecule has 0 spiro atoms. The van der Waals surface area contributed by atoms with Gasteiger partial charge in [-0.2, -0.15) is 8.78 Å². The number of allylic oxidation sites excluding steroid dienone is 4. The van der Waals surface area contributed by atoms with Crippen molar-refractivity contribution in [3.8, 4) is 0 Å². The van der Waals surface area contributed by atoms with Crippen molar-refractivity contribution in [3.05, 3.63) is 22.8 Å². The number of halogens is 5. The lowest BCUT2D eigenvalue weighted by molar-refractivity contribution is -0.0941. The molecule has 0 aliphatic carbocycles. The van der Waals surface area contributed by atoms with Gasteiger partial charge in [0.25, 0.3) is 0 Å². The van der Waals surface area contributed by atoms with Crippen LogP contribution < -0.4 is 0 Å². The Morgan fingerprint density at radius 2 is 1.69 bits per heavy atom. The van der Waals surface area contributed by atoms with Crippen LogP contribution in [-0.2, 0) is 0 Å². The molecule has 5 heteroatoms. The minimum atomic E-state index is -4.26. The molecule has 0 aromatic heterocycles. The predicted molar refractivity (Wildman–Crippen MR) is 44.3 cm³/mol. The lowest BCUT2D eigenvalue weighted by Gasteiger charge is -2.13. The van der Waals surface area contributed by atoms with Crippen LogP contribution in [0.15, 0.2) is 22.8 Å². The van der Waals surface area contributed by atoms with Crippen molar-refractivity contribution >= 4 is 11.6 Å². The van der Waals surface area contributed by atoms with E-state index in [4.69, 9.17) is 11.6 Å². The van der Waals surface area contributed by atoms with E-state index in [2.05, 4.69) is 0 Å². The summed E-state index contributed by atoms with van der Waals surface area (Å²) < 4.78 is 48.2. The normalized spacial score (nSPS) is 13.4. The van der Waals surface area contributed by atoms with E-state index in [1.54, 1.807) is 13.8 Å². The van der Waals surface area contributed by atoms with Crippen molar-refractivity contribution in [1.29, 1.82) is 0 Å². The van der Waals surface area contributed by atoms with Gasteiger partial charge in [0, 0.05) is 0 Å². The van der Waals surface area contributed by atoms with E-state index in [9.17, 15) is 17.6 Å². The Kier molecular flexibility index (Phi) is 4.47. The van der Waals surface area contributed by atoms with Crippen LogP contribution in [0.25, 0.3) is 0 Å². The van der Waals surface area contributed by atoms with E-state index in [1.807, 2.05) is 0 Å². The van der Waals surface area contributed by atoms with Gasteiger partial charge in [-0.3, -0.25) is 0 Å². The summed E-state index contributed by atoms with van der Waals surface area (Å²) in [5.41, 5.74) is 0.697. The Balaban J connectivity index is 4.68. The molecule has 0 aliphatic heterocycles. The highest BCUT2D eigenvalue weighted by Gasteiger charge is 2.43. The molecular weight excluding hydrogens is 208 g/mol. The monoisotopic (exact) mass is 216 g/mol. The van der Waals surface area contributed by atoms with Gasteiger partial charge in [0.1, 0.15) is 0 Å². The summed E-state index contributed by atoms with van der Waals surface area (Å²) in [6.45, 7) is 3.28. The molecule has 0 saturated carbocycles. The summed E-state index contributed by atoms with van der Waals surface area (Å²) in [6.07, 6.45) is -1.75. The van der Waals surface area contributed by atoms with E-state index < -0.39 is 17.4 Å². The summed E-state index contributed by atoms with van der Waals surface area (Å²) in [6, 6.07) is 0. The van der Waals surface area contributed by atoms with Crippen molar-refractivity contribution in [2.75, 3.05) is 0 Å². The quantitative estimate of drug-likeness (QED) is 0.495. The average molecular weight is 217 g/mol. The fourth-order valence-corrected chi connectivity index (χ4v) is 0.601. The summed E-state index contributed by atoms with van der Waals surface area (Å²) in [4.78, 5) is 0. The van der Waals surface area contributed by atoms with E-state index >= 15 is 0 Å². The molecule has 0 N–H and O–H groups in total. The molecule has 0 amide bonds. The maximum Gasteiger partial charge on any atom is 0.342 e. The molecule has 76 valence electrons. The third kappa shape index (κ3) is 3.81. The number of rotatable bonds is 3. The second kappa shape index (κ2) is 4.65. The minimum absolute atomic E-state index is 0.697. The zero-order valence-corrected chi connectivity index (χ0v) is 7.88. The van der Waals surface area contributed by atoms with Gasteiger partial charge in [0.05, 0.1) is 5.03 Å². The molecule has 0 aromatic rings. The summed E-state index contributed by atoms with van der Waals surface area (Å²) >= 11 is 5.00. The Morgan fingerprint density at radius 1 is 1.23 bits per heavy atom. The predicted octanol–water partition coefficient (Wildman–Crippen LogP) is 3.98. The highest BCUT2D eigenvalue weighted by Crippen LogP contribution is 2.33. The van der Waals surface area contributed by atoms with Crippen LogP contribution in [0.4, 0.5) is 17.6 Å². The molecule has 0 atom stereocenters. The van der Waals surface area contributed by atoms with Crippen molar-refractivity contribution in [3.63, 3.8) is 0 Å². The van der Waals surface area contributed by atoms with Gasteiger partial charge < -0.3 is 0 Å². The standard InChI is InChI=1S/C8H9ClF4/c1-5(2)3-4-6(9)8(12,13)7(10)11/h3-4,7H,1-2H3. The van der Waals surface area contributed by atoms with Crippen LogP contribution in [0.2, 0.25) is 0 Å². The molecule has 0 bridgehead atoms.